The van der Waals surface area contributed by atoms with Crippen LogP contribution in [0.2, 0.25) is 5.02 Å². The number of carbonyl (C=O) groups excluding carboxylic acids is 1. The summed E-state index contributed by atoms with van der Waals surface area (Å²) in [7, 11) is 1.82. The van der Waals surface area contributed by atoms with E-state index in [-0.39, 0.29) is 18.0 Å². The molecule has 3 rings (SSSR count). The lowest BCUT2D eigenvalue weighted by Gasteiger charge is -2.36. The Balaban J connectivity index is 1.97. The molecule has 1 saturated heterocycles. The van der Waals surface area contributed by atoms with Gasteiger partial charge in [0.2, 0.25) is 0 Å². The Hall–Kier alpha value is -1.85. The van der Waals surface area contributed by atoms with Crippen molar-refractivity contribution in [3.8, 4) is 11.3 Å². The Labute approximate surface area is 141 Å². The minimum absolute atomic E-state index is 0.00761. The number of halogens is 1. The number of hydrogen-bond acceptors (Lipinski definition) is 3. The summed E-state index contributed by atoms with van der Waals surface area (Å²) in [5.41, 5.74) is 2.03. The van der Waals surface area contributed by atoms with Crippen LogP contribution >= 0.6 is 11.6 Å². The van der Waals surface area contributed by atoms with Crippen molar-refractivity contribution in [2.75, 3.05) is 13.1 Å². The van der Waals surface area contributed by atoms with Gasteiger partial charge in [-0.2, -0.15) is 5.10 Å². The minimum Gasteiger partial charge on any atom is -0.335 e. The van der Waals surface area contributed by atoms with Crippen LogP contribution in [0.25, 0.3) is 11.3 Å². The van der Waals surface area contributed by atoms with E-state index in [0.29, 0.717) is 29.4 Å². The number of amides is 1. The monoisotopic (exact) mass is 332 g/mol. The van der Waals surface area contributed by atoms with E-state index in [9.17, 15) is 4.79 Å². The smallest absolute Gasteiger partial charge is 0.257 e. The maximum Gasteiger partial charge on any atom is 0.257 e. The predicted octanol–water partition coefficient (Wildman–Crippen LogP) is 2.56. The molecule has 1 aliphatic rings. The third-order valence-corrected chi connectivity index (χ3v) is 4.36. The molecule has 122 valence electrons. The Kier molecular flexibility index (Phi) is 4.41. The van der Waals surface area contributed by atoms with E-state index in [4.69, 9.17) is 11.6 Å². The largest absolute Gasteiger partial charge is 0.335 e. The molecule has 1 N–H and O–H groups in total. The van der Waals surface area contributed by atoms with E-state index in [0.717, 1.165) is 5.56 Å². The summed E-state index contributed by atoms with van der Waals surface area (Å²) in [4.78, 5) is 14.9. The summed E-state index contributed by atoms with van der Waals surface area (Å²) in [5.74, 6) is 0.00761. The van der Waals surface area contributed by atoms with Gasteiger partial charge in [-0.3, -0.25) is 9.48 Å². The number of carbonyl (C=O) groups is 1. The molecule has 0 bridgehead atoms. The van der Waals surface area contributed by atoms with Crippen molar-refractivity contribution in [2.45, 2.75) is 25.9 Å². The van der Waals surface area contributed by atoms with Crippen molar-refractivity contribution in [3.63, 3.8) is 0 Å². The summed E-state index contributed by atoms with van der Waals surface area (Å²) >= 11 is 6.29. The summed E-state index contributed by atoms with van der Waals surface area (Å²) in [6.45, 7) is 5.57. The maximum atomic E-state index is 13.0. The average molecular weight is 333 g/mol. The van der Waals surface area contributed by atoms with Gasteiger partial charge in [0.1, 0.15) is 5.69 Å². The quantitative estimate of drug-likeness (QED) is 0.919. The van der Waals surface area contributed by atoms with Crippen LogP contribution in [-0.2, 0) is 7.05 Å². The first-order chi connectivity index (χ1) is 11.0. The van der Waals surface area contributed by atoms with Gasteiger partial charge in [-0.05, 0) is 19.9 Å². The van der Waals surface area contributed by atoms with Gasteiger partial charge in [-0.15, -0.1) is 0 Å². The minimum atomic E-state index is 0.00761. The van der Waals surface area contributed by atoms with Crippen molar-refractivity contribution in [2.24, 2.45) is 7.05 Å². The molecule has 2 atom stereocenters. The van der Waals surface area contributed by atoms with Crippen LogP contribution < -0.4 is 5.32 Å². The van der Waals surface area contributed by atoms with Crippen LogP contribution in [-0.4, -0.2) is 45.8 Å². The lowest BCUT2D eigenvalue weighted by molar-refractivity contribution is 0.0674. The Morgan fingerprint density at radius 3 is 2.57 bits per heavy atom. The number of aryl methyl sites for hydroxylation is 1. The normalized spacial score (nSPS) is 21.5. The Bertz CT molecular complexity index is 717. The highest BCUT2D eigenvalue weighted by atomic mass is 35.5. The second-order valence-corrected chi connectivity index (χ2v) is 6.63. The highest BCUT2D eigenvalue weighted by Crippen LogP contribution is 2.29. The molecule has 1 amide bonds. The molecule has 0 radical (unpaired) electrons. The topological polar surface area (TPSA) is 50.2 Å². The molecule has 0 spiro atoms. The van der Waals surface area contributed by atoms with E-state index in [1.54, 1.807) is 10.9 Å². The molecule has 1 aromatic heterocycles. The Morgan fingerprint density at radius 2 is 1.91 bits per heavy atom. The summed E-state index contributed by atoms with van der Waals surface area (Å²) < 4.78 is 1.67. The van der Waals surface area contributed by atoms with Gasteiger partial charge in [0.05, 0.1) is 10.6 Å². The van der Waals surface area contributed by atoms with Crippen LogP contribution in [0.1, 0.15) is 24.2 Å². The van der Waals surface area contributed by atoms with E-state index >= 15 is 0 Å². The second kappa shape index (κ2) is 6.34. The summed E-state index contributed by atoms with van der Waals surface area (Å²) in [6.07, 6.45) is 1.78. The van der Waals surface area contributed by atoms with Gasteiger partial charge < -0.3 is 10.2 Å². The first kappa shape index (κ1) is 16.0. The maximum absolute atomic E-state index is 13.0. The number of aromatic nitrogens is 2. The lowest BCUT2D eigenvalue weighted by Crippen LogP contribution is -2.55. The molecule has 1 fully saturated rings. The molecular formula is C17H21ClN4O. The average Bonchev–Trinajstić information content (AvgIpc) is 2.87. The molecule has 5 nitrogen and oxygen atoms in total. The van der Waals surface area contributed by atoms with Crippen molar-refractivity contribution >= 4 is 17.5 Å². The van der Waals surface area contributed by atoms with Gasteiger partial charge in [-0.25, -0.2) is 0 Å². The molecule has 2 aromatic rings. The number of hydrogen-bond donors (Lipinski definition) is 1. The van der Waals surface area contributed by atoms with Crippen LogP contribution in [0.3, 0.4) is 0 Å². The SMILES string of the molecule is C[C@@H]1CN(C(=O)c2cn(C)nc2-c2ccccc2Cl)C[C@@H](C)N1. The molecule has 0 aliphatic carbocycles. The summed E-state index contributed by atoms with van der Waals surface area (Å²) in [6, 6.07) is 8.04. The highest BCUT2D eigenvalue weighted by molar-refractivity contribution is 6.33. The summed E-state index contributed by atoms with van der Waals surface area (Å²) in [5, 5.41) is 8.50. The fraction of sp³-hybridized carbons (Fsp3) is 0.412. The first-order valence-electron chi connectivity index (χ1n) is 7.79. The van der Waals surface area contributed by atoms with Crippen molar-refractivity contribution in [1.29, 1.82) is 0 Å². The predicted molar refractivity (Wildman–Crippen MR) is 91.6 cm³/mol. The van der Waals surface area contributed by atoms with Crippen molar-refractivity contribution < 1.29 is 4.79 Å². The van der Waals surface area contributed by atoms with E-state index in [1.165, 1.54) is 0 Å². The molecule has 23 heavy (non-hydrogen) atoms. The third kappa shape index (κ3) is 3.26. The molecular weight excluding hydrogens is 312 g/mol. The fourth-order valence-corrected chi connectivity index (χ4v) is 3.39. The van der Waals surface area contributed by atoms with Gasteiger partial charge in [0, 0.05) is 44.0 Å². The molecule has 1 aliphatic heterocycles. The van der Waals surface area contributed by atoms with Crippen LogP contribution in [0, 0.1) is 0 Å². The zero-order chi connectivity index (χ0) is 16.6. The molecule has 0 saturated carbocycles. The first-order valence-corrected chi connectivity index (χ1v) is 8.17. The lowest BCUT2D eigenvalue weighted by atomic mass is 10.1. The van der Waals surface area contributed by atoms with Gasteiger partial charge in [0.15, 0.2) is 0 Å². The standard InChI is InChI=1S/C17H21ClN4O/c1-11-8-22(9-12(2)19-11)17(23)14-10-21(3)20-16(14)13-6-4-5-7-15(13)18/h4-7,10-12,19H,8-9H2,1-3H3/t11-,12-/m1/s1. The molecule has 6 heteroatoms. The second-order valence-electron chi connectivity index (χ2n) is 6.22. The van der Waals surface area contributed by atoms with Crippen LogP contribution in [0.5, 0.6) is 0 Å². The van der Waals surface area contributed by atoms with Crippen molar-refractivity contribution in [1.82, 2.24) is 20.0 Å². The number of rotatable bonds is 2. The zero-order valence-corrected chi connectivity index (χ0v) is 14.3. The fourth-order valence-electron chi connectivity index (χ4n) is 3.16. The number of nitrogens with zero attached hydrogens (tertiary/aromatic N) is 3. The third-order valence-electron chi connectivity index (χ3n) is 4.03. The van der Waals surface area contributed by atoms with Gasteiger partial charge in [-0.1, -0.05) is 29.8 Å². The molecule has 1 aromatic carbocycles. The number of benzene rings is 1. The van der Waals surface area contributed by atoms with Crippen LogP contribution in [0.4, 0.5) is 0 Å². The van der Waals surface area contributed by atoms with E-state index in [2.05, 4.69) is 24.3 Å². The van der Waals surface area contributed by atoms with Crippen LogP contribution in [0.15, 0.2) is 30.5 Å². The Morgan fingerprint density at radius 1 is 1.26 bits per heavy atom. The van der Waals surface area contributed by atoms with Gasteiger partial charge in [0.25, 0.3) is 5.91 Å². The number of nitrogens with one attached hydrogen (secondary N) is 1. The highest BCUT2D eigenvalue weighted by Gasteiger charge is 2.28. The van der Waals surface area contributed by atoms with Crippen molar-refractivity contribution in [3.05, 3.63) is 41.0 Å². The van der Waals surface area contributed by atoms with E-state index in [1.807, 2.05) is 36.2 Å². The number of piperazine rings is 1. The zero-order valence-electron chi connectivity index (χ0n) is 13.6. The molecule has 0 unspecified atom stereocenters. The van der Waals surface area contributed by atoms with Gasteiger partial charge >= 0.3 is 0 Å². The van der Waals surface area contributed by atoms with E-state index < -0.39 is 0 Å². The molecule has 2 heterocycles.